The number of aromatic nitrogens is 4. The summed E-state index contributed by atoms with van der Waals surface area (Å²) in [5.74, 6) is 0.402. The van der Waals surface area contributed by atoms with E-state index >= 15 is 0 Å². The van der Waals surface area contributed by atoms with Crippen LogP contribution in [-0.4, -0.2) is 26.2 Å². The quantitative estimate of drug-likeness (QED) is 0.766. The highest BCUT2D eigenvalue weighted by Crippen LogP contribution is 2.42. The summed E-state index contributed by atoms with van der Waals surface area (Å²) in [6, 6.07) is -0.311. The SMILES string of the molecule is COc1ncnc2c1NC(C)c1c(n(C)c(=O)n(C)c1=O)S2. The predicted octanol–water partition coefficient (Wildman–Crippen LogP) is 0.520. The Morgan fingerprint density at radius 1 is 1.27 bits per heavy atom. The third-order valence-electron chi connectivity index (χ3n) is 3.60. The molecule has 0 amide bonds. The molecule has 0 saturated carbocycles. The van der Waals surface area contributed by atoms with Gasteiger partial charge in [-0.05, 0) is 18.7 Å². The Labute approximate surface area is 130 Å². The van der Waals surface area contributed by atoms with Crippen LogP contribution in [-0.2, 0) is 14.1 Å². The summed E-state index contributed by atoms with van der Waals surface area (Å²) >= 11 is 1.26. The fourth-order valence-electron chi connectivity index (χ4n) is 2.44. The molecule has 0 aromatic carbocycles. The standard InChI is InChI=1S/C13H15N5O3S/c1-6-7-11(19)17(2)13(20)18(3)12(7)22-10-8(16-6)9(21-4)14-5-15-10/h5-6,16H,1-4H3. The van der Waals surface area contributed by atoms with Crippen LogP contribution in [0, 0.1) is 0 Å². The summed E-state index contributed by atoms with van der Waals surface area (Å²) in [4.78, 5) is 32.9. The van der Waals surface area contributed by atoms with Gasteiger partial charge < -0.3 is 10.1 Å². The fraction of sp³-hybridized carbons (Fsp3) is 0.385. The van der Waals surface area contributed by atoms with Crippen molar-refractivity contribution in [3.63, 3.8) is 0 Å². The summed E-state index contributed by atoms with van der Waals surface area (Å²) < 4.78 is 7.81. The molecule has 2 aromatic heterocycles. The lowest BCUT2D eigenvalue weighted by Gasteiger charge is -2.17. The van der Waals surface area contributed by atoms with E-state index in [0.717, 1.165) is 4.57 Å². The number of hydrogen-bond acceptors (Lipinski definition) is 7. The van der Waals surface area contributed by atoms with Crippen molar-refractivity contribution in [2.24, 2.45) is 14.1 Å². The lowest BCUT2D eigenvalue weighted by atomic mass is 10.1. The van der Waals surface area contributed by atoms with Gasteiger partial charge in [0.05, 0.1) is 23.7 Å². The molecule has 3 heterocycles. The van der Waals surface area contributed by atoms with Crippen LogP contribution in [0.15, 0.2) is 26.0 Å². The van der Waals surface area contributed by atoms with Gasteiger partial charge in [-0.15, -0.1) is 0 Å². The lowest BCUT2D eigenvalue weighted by Crippen LogP contribution is -2.40. The monoisotopic (exact) mass is 321 g/mol. The lowest BCUT2D eigenvalue weighted by molar-refractivity contribution is 0.396. The molecule has 9 heteroatoms. The minimum Gasteiger partial charge on any atom is -0.479 e. The maximum absolute atomic E-state index is 12.5. The van der Waals surface area contributed by atoms with Crippen molar-refractivity contribution in [3.8, 4) is 5.88 Å². The van der Waals surface area contributed by atoms with Gasteiger partial charge in [0, 0.05) is 14.1 Å². The molecule has 0 spiro atoms. The number of nitrogens with one attached hydrogen (secondary N) is 1. The van der Waals surface area contributed by atoms with Gasteiger partial charge in [-0.25, -0.2) is 9.78 Å². The minimum absolute atomic E-state index is 0.311. The Morgan fingerprint density at radius 3 is 2.68 bits per heavy atom. The van der Waals surface area contributed by atoms with Crippen LogP contribution in [0.4, 0.5) is 5.69 Å². The molecule has 1 N–H and O–H groups in total. The highest BCUT2D eigenvalue weighted by Gasteiger charge is 2.28. The van der Waals surface area contributed by atoms with Crippen LogP contribution in [0.1, 0.15) is 18.5 Å². The van der Waals surface area contributed by atoms with Gasteiger partial charge in [-0.2, -0.15) is 4.98 Å². The second kappa shape index (κ2) is 5.16. The maximum atomic E-state index is 12.5. The molecule has 22 heavy (non-hydrogen) atoms. The normalized spacial score (nSPS) is 16.3. The summed E-state index contributed by atoms with van der Waals surface area (Å²) in [6.07, 6.45) is 1.39. The van der Waals surface area contributed by atoms with E-state index in [4.69, 9.17) is 4.74 Å². The molecule has 0 radical (unpaired) electrons. The Kier molecular flexibility index (Phi) is 3.44. The number of rotatable bonds is 1. The zero-order chi connectivity index (χ0) is 16.0. The molecule has 8 nitrogen and oxygen atoms in total. The van der Waals surface area contributed by atoms with Crippen molar-refractivity contribution < 1.29 is 4.74 Å². The van der Waals surface area contributed by atoms with E-state index in [1.54, 1.807) is 7.05 Å². The predicted molar refractivity (Wildman–Crippen MR) is 81.7 cm³/mol. The summed E-state index contributed by atoms with van der Waals surface area (Å²) in [5, 5.41) is 4.40. The number of fused-ring (bicyclic) bond motifs is 2. The molecule has 1 aliphatic rings. The van der Waals surface area contributed by atoms with Crippen molar-refractivity contribution in [2.75, 3.05) is 12.4 Å². The van der Waals surface area contributed by atoms with E-state index in [2.05, 4.69) is 15.3 Å². The number of ether oxygens (including phenoxy) is 1. The minimum atomic E-state index is -0.368. The average Bonchev–Trinajstić information content (AvgIpc) is 2.66. The molecule has 0 bridgehead atoms. The van der Waals surface area contributed by atoms with E-state index in [9.17, 15) is 9.59 Å². The van der Waals surface area contributed by atoms with Gasteiger partial charge in [0.25, 0.3) is 5.56 Å². The van der Waals surface area contributed by atoms with Gasteiger partial charge in [0.15, 0.2) is 0 Å². The average molecular weight is 321 g/mol. The molecule has 0 saturated heterocycles. The second-order valence-corrected chi connectivity index (χ2v) is 5.93. The molecule has 1 aliphatic heterocycles. The van der Waals surface area contributed by atoms with E-state index in [0.29, 0.717) is 27.2 Å². The first-order valence-electron chi connectivity index (χ1n) is 6.59. The highest BCUT2D eigenvalue weighted by atomic mass is 32.2. The second-order valence-electron chi connectivity index (χ2n) is 4.96. The first kappa shape index (κ1) is 14.6. The Hall–Kier alpha value is -2.29. The van der Waals surface area contributed by atoms with Crippen molar-refractivity contribution >= 4 is 17.4 Å². The molecule has 2 aromatic rings. The molecule has 1 unspecified atom stereocenters. The summed E-state index contributed by atoms with van der Waals surface area (Å²) in [6.45, 7) is 1.85. The molecule has 1 atom stereocenters. The Balaban J connectivity index is 2.32. The molecular weight excluding hydrogens is 306 g/mol. The molecular formula is C13H15N5O3S. The highest BCUT2D eigenvalue weighted by molar-refractivity contribution is 7.99. The van der Waals surface area contributed by atoms with E-state index < -0.39 is 0 Å². The third kappa shape index (κ3) is 2.00. The van der Waals surface area contributed by atoms with Crippen LogP contribution in [0.25, 0.3) is 0 Å². The number of nitrogens with zero attached hydrogens (tertiary/aromatic N) is 4. The van der Waals surface area contributed by atoms with Crippen LogP contribution in [0.5, 0.6) is 5.88 Å². The summed E-state index contributed by atoms with van der Waals surface area (Å²) in [7, 11) is 4.64. The number of hydrogen-bond donors (Lipinski definition) is 1. The van der Waals surface area contributed by atoms with E-state index in [1.807, 2.05) is 6.92 Å². The number of anilines is 1. The van der Waals surface area contributed by atoms with Crippen molar-refractivity contribution in [1.29, 1.82) is 0 Å². The zero-order valence-electron chi connectivity index (χ0n) is 12.6. The molecule has 3 rings (SSSR count). The van der Waals surface area contributed by atoms with Crippen molar-refractivity contribution in [2.45, 2.75) is 23.0 Å². The van der Waals surface area contributed by atoms with Crippen LogP contribution in [0.3, 0.4) is 0 Å². The Bertz CT molecular complexity index is 873. The fourth-order valence-corrected chi connectivity index (χ4v) is 3.56. The Morgan fingerprint density at radius 2 is 2.00 bits per heavy atom. The van der Waals surface area contributed by atoms with Gasteiger partial charge in [0.2, 0.25) is 5.88 Å². The van der Waals surface area contributed by atoms with Gasteiger partial charge in [-0.1, -0.05) is 0 Å². The van der Waals surface area contributed by atoms with Crippen molar-refractivity contribution in [1.82, 2.24) is 19.1 Å². The van der Waals surface area contributed by atoms with E-state index in [-0.39, 0.29) is 17.3 Å². The summed E-state index contributed by atoms with van der Waals surface area (Å²) in [5.41, 5.74) is 0.459. The topological polar surface area (TPSA) is 91.0 Å². The largest absolute Gasteiger partial charge is 0.479 e. The first-order chi connectivity index (χ1) is 10.5. The van der Waals surface area contributed by atoms with Gasteiger partial charge in [-0.3, -0.25) is 13.9 Å². The molecule has 0 aliphatic carbocycles. The van der Waals surface area contributed by atoms with Crippen LogP contribution >= 0.6 is 11.8 Å². The third-order valence-corrected chi connectivity index (χ3v) is 4.79. The smallest absolute Gasteiger partial charge is 0.331 e. The maximum Gasteiger partial charge on any atom is 0.331 e. The van der Waals surface area contributed by atoms with Crippen LogP contribution < -0.4 is 21.3 Å². The van der Waals surface area contributed by atoms with Crippen molar-refractivity contribution in [3.05, 3.63) is 32.7 Å². The van der Waals surface area contributed by atoms with Crippen LogP contribution in [0.2, 0.25) is 0 Å². The van der Waals surface area contributed by atoms with E-state index in [1.165, 1.54) is 36.8 Å². The van der Waals surface area contributed by atoms with Gasteiger partial charge >= 0.3 is 5.69 Å². The van der Waals surface area contributed by atoms with Gasteiger partial charge in [0.1, 0.15) is 17.0 Å². The number of methoxy groups -OCH3 is 1. The zero-order valence-corrected chi connectivity index (χ0v) is 13.4. The molecule has 116 valence electrons. The molecule has 0 fully saturated rings. The first-order valence-corrected chi connectivity index (χ1v) is 7.40.